The minimum atomic E-state index is 0. The quantitative estimate of drug-likeness (QED) is 0.500. The zero-order valence-corrected chi connectivity index (χ0v) is 6.22. The minimum Gasteiger partial charge on any atom is -0.266 e. The van der Waals surface area contributed by atoms with Crippen LogP contribution in [0.4, 0.5) is 0 Å². The van der Waals surface area contributed by atoms with Gasteiger partial charge >= 0.3 is 0 Å². The third kappa shape index (κ3) is 1.27. The van der Waals surface area contributed by atoms with E-state index in [1.807, 2.05) is 0 Å². The molecule has 3 nitrogen and oxygen atoms in total. The van der Waals surface area contributed by atoms with Gasteiger partial charge in [-0.2, -0.15) is 5.10 Å². The molecular formula is C2H3N3Zn. The van der Waals surface area contributed by atoms with Crippen LogP contribution in [0.2, 0.25) is 0 Å². The van der Waals surface area contributed by atoms with E-state index in [0.29, 0.717) is 0 Å². The van der Waals surface area contributed by atoms with Gasteiger partial charge < -0.3 is 0 Å². The number of aromatic amines is 1. The van der Waals surface area contributed by atoms with Crippen LogP contribution in [0.15, 0.2) is 12.7 Å². The van der Waals surface area contributed by atoms with Gasteiger partial charge in [0.2, 0.25) is 0 Å². The number of hydrogen-bond donors (Lipinski definition) is 1. The van der Waals surface area contributed by atoms with Crippen molar-refractivity contribution in [1.82, 2.24) is 15.2 Å². The van der Waals surface area contributed by atoms with E-state index in [1.165, 1.54) is 12.7 Å². The van der Waals surface area contributed by atoms with Gasteiger partial charge in [0.25, 0.3) is 0 Å². The fraction of sp³-hybridized carbons (Fsp3) is 0. The summed E-state index contributed by atoms with van der Waals surface area (Å²) in [5.74, 6) is 0. The standard InChI is InChI=1S/C2H3N3.Zn/c1-3-2-5-4-1;/h1-2H,(H,3,4,5);. The van der Waals surface area contributed by atoms with Crippen LogP contribution in [0, 0.1) is 0 Å². The van der Waals surface area contributed by atoms with E-state index < -0.39 is 0 Å². The van der Waals surface area contributed by atoms with Crippen molar-refractivity contribution in [3.05, 3.63) is 12.7 Å². The van der Waals surface area contributed by atoms with Gasteiger partial charge in [-0.1, -0.05) is 0 Å². The molecular weight excluding hydrogens is 131 g/mol. The summed E-state index contributed by atoms with van der Waals surface area (Å²) in [6.07, 6.45) is 2.96. The summed E-state index contributed by atoms with van der Waals surface area (Å²) in [6.45, 7) is 0. The third-order valence-electron chi connectivity index (χ3n) is 0.331. The average molecular weight is 134 g/mol. The summed E-state index contributed by atoms with van der Waals surface area (Å²) in [5.41, 5.74) is 0. The first-order chi connectivity index (χ1) is 2.50. The largest absolute Gasteiger partial charge is 0.266 e. The first kappa shape index (κ1) is 5.76. The Hall–Kier alpha value is -0.237. The molecule has 0 saturated carbocycles. The first-order valence-corrected chi connectivity index (χ1v) is 1.29. The summed E-state index contributed by atoms with van der Waals surface area (Å²) in [7, 11) is 0. The Morgan fingerprint density at radius 3 is 2.50 bits per heavy atom. The Morgan fingerprint density at radius 1 is 1.50 bits per heavy atom. The summed E-state index contributed by atoms with van der Waals surface area (Å²) in [5, 5.41) is 5.99. The van der Waals surface area contributed by atoms with E-state index in [9.17, 15) is 0 Å². The molecule has 0 aliphatic carbocycles. The summed E-state index contributed by atoms with van der Waals surface area (Å²) in [6, 6.07) is 0. The van der Waals surface area contributed by atoms with E-state index in [4.69, 9.17) is 0 Å². The van der Waals surface area contributed by atoms with Gasteiger partial charge in [-0.15, -0.1) is 0 Å². The molecule has 4 heteroatoms. The molecule has 6 heavy (non-hydrogen) atoms. The van der Waals surface area contributed by atoms with Gasteiger partial charge in [-0.3, -0.25) is 5.10 Å². The Morgan fingerprint density at radius 2 is 2.33 bits per heavy atom. The van der Waals surface area contributed by atoms with E-state index in [1.54, 1.807) is 0 Å². The predicted octanol–water partition coefficient (Wildman–Crippen LogP) is -0.198. The fourth-order valence-corrected chi connectivity index (χ4v) is 0.167. The van der Waals surface area contributed by atoms with Crippen molar-refractivity contribution < 1.29 is 19.5 Å². The summed E-state index contributed by atoms with van der Waals surface area (Å²) >= 11 is 0. The Balaban J connectivity index is 0.000000250. The molecule has 0 amide bonds. The van der Waals surface area contributed by atoms with Crippen molar-refractivity contribution in [2.45, 2.75) is 0 Å². The number of aromatic nitrogens is 3. The van der Waals surface area contributed by atoms with Crippen molar-refractivity contribution in [3.63, 3.8) is 0 Å². The Labute approximate surface area is 47.9 Å². The Kier molecular flexibility index (Phi) is 2.86. The first-order valence-electron chi connectivity index (χ1n) is 1.29. The SMILES string of the molecule is [Zn].c1nc[nH]n1. The molecule has 0 unspecified atom stereocenters. The van der Waals surface area contributed by atoms with Gasteiger partial charge in [-0.05, 0) is 0 Å². The second-order valence-corrected chi connectivity index (χ2v) is 0.652. The molecule has 28 valence electrons. The summed E-state index contributed by atoms with van der Waals surface area (Å²) < 4.78 is 0. The maximum atomic E-state index is 3.56. The zero-order valence-electron chi connectivity index (χ0n) is 3.26. The Bertz CT molecular complexity index is 65.3. The van der Waals surface area contributed by atoms with E-state index in [-0.39, 0.29) is 19.5 Å². The second-order valence-electron chi connectivity index (χ2n) is 0.652. The van der Waals surface area contributed by atoms with Gasteiger partial charge in [0.05, 0.1) is 0 Å². The topological polar surface area (TPSA) is 41.6 Å². The van der Waals surface area contributed by atoms with Crippen LogP contribution in [0.1, 0.15) is 0 Å². The third-order valence-corrected chi connectivity index (χ3v) is 0.331. The molecule has 1 rings (SSSR count). The maximum absolute atomic E-state index is 3.56. The number of hydrogen-bond acceptors (Lipinski definition) is 2. The number of H-pyrrole nitrogens is 1. The van der Waals surface area contributed by atoms with Crippen molar-refractivity contribution in [2.24, 2.45) is 0 Å². The molecule has 1 N–H and O–H groups in total. The molecule has 1 aromatic heterocycles. The molecule has 0 saturated heterocycles. The van der Waals surface area contributed by atoms with Gasteiger partial charge in [-0.25, -0.2) is 4.98 Å². The minimum absolute atomic E-state index is 0. The average Bonchev–Trinajstić information content (AvgIpc) is 1.76. The number of rotatable bonds is 0. The molecule has 0 fully saturated rings. The van der Waals surface area contributed by atoms with Crippen LogP contribution in [-0.2, 0) is 19.5 Å². The molecule has 0 bridgehead atoms. The number of nitrogens with zero attached hydrogens (tertiary/aromatic N) is 2. The van der Waals surface area contributed by atoms with Crippen LogP contribution in [0.3, 0.4) is 0 Å². The molecule has 0 atom stereocenters. The normalized spacial score (nSPS) is 6.67. The van der Waals surface area contributed by atoms with Crippen molar-refractivity contribution >= 4 is 0 Å². The van der Waals surface area contributed by atoms with Crippen LogP contribution in [-0.4, -0.2) is 15.2 Å². The monoisotopic (exact) mass is 133 g/mol. The van der Waals surface area contributed by atoms with Crippen LogP contribution < -0.4 is 0 Å². The van der Waals surface area contributed by atoms with Crippen molar-refractivity contribution in [3.8, 4) is 0 Å². The maximum Gasteiger partial charge on any atom is 0.137 e. The van der Waals surface area contributed by atoms with Gasteiger partial charge in [0, 0.05) is 19.5 Å². The van der Waals surface area contributed by atoms with E-state index >= 15 is 0 Å². The van der Waals surface area contributed by atoms with Crippen LogP contribution >= 0.6 is 0 Å². The predicted molar refractivity (Wildman–Crippen MR) is 16.4 cm³/mol. The fourth-order valence-electron chi connectivity index (χ4n) is 0.167. The van der Waals surface area contributed by atoms with Gasteiger partial charge in [0.1, 0.15) is 12.7 Å². The van der Waals surface area contributed by atoms with Crippen molar-refractivity contribution in [1.29, 1.82) is 0 Å². The molecule has 0 aliphatic heterocycles. The molecule has 1 aromatic rings. The van der Waals surface area contributed by atoms with E-state index in [0.717, 1.165) is 0 Å². The van der Waals surface area contributed by atoms with Crippen LogP contribution in [0.25, 0.3) is 0 Å². The van der Waals surface area contributed by atoms with Crippen LogP contribution in [0.5, 0.6) is 0 Å². The van der Waals surface area contributed by atoms with Crippen molar-refractivity contribution in [2.75, 3.05) is 0 Å². The molecule has 1 heterocycles. The number of nitrogens with one attached hydrogen (secondary N) is 1. The van der Waals surface area contributed by atoms with Gasteiger partial charge in [0.15, 0.2) is 0 Å². The molecule has 0 radical (unpaired) electrons. The smallest absolute Gasteiger partial charge is 0.137 e. The molecule has 0 aromatic carbocycles. The molecule has 0 aliphatic rings. The summed E-state index contributed by atoms with van der Waals surface area (Å²) in [4.78, 5) is 3.56. The van der Waals surface area contributed by atoms with E-state index in [2.05, 4.69) is 15.2 Å². The zero-order chi connectivity index (χ0) is 3.54. The molecule has 0 spiro atoms. The second kappa shape index (κ2) is 2.97.